The molecule has 0 unspecified atom stereocenters. The van der Waals surface area contributed by atoms with Crippen molar-refractivity contribution in [3.8, 4) is 0 Å². The summed E-state index contributed by atoms with van der Waals surface area (Å²) in [4.78, 5) is 32.4. The summed E-state index contributed by atoms with van der Waals surface area (Å²) in [5, 5.41) is 5.98. The number of para-hydroxylation sites is 1. The molecule has 0 saturated heterocycles. The molecule has 1 amide bonds. The number of carbonyl (C=O) groups is 1. The van der Waals surface area contributed by atoms with Crippen LogP contribution in [0, 0.1) is 0 Å². The second-order valence-corrected chi connectivity index (χ2v) is 7.95. The van der Waals surface area contributed by atoms with E-state index in [-0.39, 0.29) is 11.5 Å². The molecule has 4 rings (SSSR count). The zero-order valence-electron chi connectivity index (χ0n) is 14.5. The summed E-state index contributed by atoms with van der Waals surface area (Å²) in [7, 11) is 0. The van der Waals surface area contributed by atoms with E-state index in [9.17, 15) is 9.59 Å². The summed E-state index contributed by atoms with van der Waals surface area (Å²) in [6.45, 7) is 0.599. The third kappa shape index (κ3) is 4.06. The van der Waals surface area contributed by atoms with Gasteiger partial charge in [0.2, 0.25) is 5.91 Å². The first-order valence-electron chi connectivity index (χ1n) is 8.56. The molecule has 0 saturated carbocycles. The van der Waals surface area contributed by atoms with Crippen LogP contribution in [0.15, 0.2) is 52.9 Å². The predicted octanol–water partition coefficient (Wildman–Crippen LogP) is 2.83. The standard InChI is InChI=1S/C19H18N4O2S2/c24-17(20-6-5-13-10-21-16-4-2-1-3-15(13)16)12-26-11-14-9-18(25)23-7-8-27-19(23)22-14/h1-4,7-10,21H,5-6,11-12H2,(H,20,24). The number of hydrogen-bond donors (Lipinski definition) is 2. The number of amides is 1. The van der Waals surface area contributed by atoms with Gasteiger partial charge in [-0.15, -0.1) is 23.1 Å². The highest BCUT2D eigenvalue weighted by atomic mass is 32.2. The first-order chi connectivity index (χ1) is 13.2. The minimum absolute atomic E-state index is 0.00577. The molecule has 0 atom stereocenters. The number of nitrogens with one attached hydrogen (secondary N) is 2. The Morgan fingerprint density at radius 2 is 2.22 bits per heavy atom. The number of aromatic nitrogens is 3. The largest absolute Gasteiger partial charge is 0.361 e. The summed E-state index contributed by atoms with van der Waals surface area (Å²) in [5.74, 6) is 0.882. The maximum atomic E-state index is 12.0. The van der Waals surface area contributed by atoms with Gasteiger partial charge in [0.05, 0.1) is 11.4 Å². The Balaban J connectivity index is 1.24. The Morgan fingerprint density at radius 1 is 1.33 bits per heavy atom. The maximum absolute atomic E-state index is 12.0. The molecule has 3 heterocycles. The van der Waals surface area contributed by atoms with Crippen LogP contribution >= 0.6 is 23.1 Å². The van der Waals surface area contributed by atoms with Crippen LogP contribution < -0.4 is 10.9 Å². The first kappa shape index (κ1) is 17.8. The molecule has 138 valence electrons. The average Bonchev–Trinajstić information content (AvgIpc) is 3.29. The van der Waals surface area contributed by atoms with Crippen molar-refractivity contribution in [2.45, 2.75) is 12.2 Å². The molecule has 2 N–H and O–H groups in total. The average molecular weight is 399 g/mol. The number of hydrogen-bond acceptors (Lipinski definition) is 5. The van der Waals surface area contributed by atoms with Crippen molar-refractivity contribution in [1.29, 1.82) is 0 Å². The Kier molecular flexibility index (Phi) is 5.26. The second kappa shape index (κ2) is 7.98. The Bertz CT molecular complexity index is 1150. The molecule has 0 spiro atoms. The second-order valence-electron chi connectivity index (χ2n) is 6.09. The molecule has 6 nitrogen and oxygen atoms in total. The van der Waals surface area contributed by atoms with Crippen LogP contribution in [-0.2, 0) is 17.0 Å². The van der Waals surface area contributed by atoms with Gasteiger partial charge in [0.25, 0.3) is 5.56 Å². The van der Waals surface area contributed by atoms with E-state index in [0.29, 0.717) is 28.7 Å². The van der Waals surface area contributed by atoms with E-state index in [1.807, 2.05) is 29.8 Å². The van der Waals surface area contributed by atoms with E-state index in [2.05, 4.69) is 21.4 Å². The molecule has 0 fully saturated rings. The predicted molar refractivity (Wildman–Crippen MR) is 111 cm³/mol. The zero-order chi connectivity index (χ0) is 18.6. The van der Waals surface area contributed by atoms with Crippen molar-refractivity contribution >= 4 is 44.9 Å². The van der Waals surface area contributed by atoms with Gasteiger partial charge >= 0.3 is 0 Å². The van der Waals surface area contributed by atoms with E-state index >= 15 is 0 Å². The number of aromatic amines is 1. The van der Waals surface area contributed by atoms with E-state index in [1.165, 1.54) is 44.5 Å². The summed E-state index contributed by atoms with van der Waals surface area (Å²) in [6, 6.07) is 9.67. The van der Waals surface area contributed by atoms with Crippen molar-refractivity contribution in [2.24, 2.45) is 0 Å². The number of benzene rings is 1. The third-order valence-electron chi connectivity index (χ3n) is 4.23. The van der Waals surface area contributed by atoms with Crippen LogP contribution in [0.4, 0.5) is 0 Å². The highest BCUT2D eigenvalue weighted by Gasteiger charge is 2.07. The maximum Gasteiger partial charge on any atom is 0.258 e. The van der Waals surface area contributed by atoms with Gasteiger partial charge in [0.15, 0.2) is 4.96 Å². The number of thioether (sulfide) groups is 1. The number of H-pyrrole nitrogens is 1. The Hall–Kier alpha value is -2.58. The van der Waals surface area contributed by atoms with Crippen LogP contribution in [0.2, 0.25) is 0 Å². The lowest BCUT2D eigenvalue weighted by atomic mass is 10.1. The van der Waals surface area contributed by atoms with Crippen LogP contribution in [0.3, 0.4) is 0 Å². The molecule has 0 aliphatic carbocycles. The Labute approximate surface area is 163 Å². The quantitative estimate of drug-likeness (QED) is 0.502. The molecule has 0 aliphatic rings. The number of rotatable bonds is 7. The van der Waals surface area contributed by atoms with E-state index in [0.717, 1.165) is 11.9 Å². The van der Waals surface area contributed by atoms with Gasteiger partial charge < -0.3 is 10.3 Å². The van der Waals surface area contributed by atoms with Crippen molar-refractivity contribution in [2.75, 3.05) is 12.3 Å². The van der Waals surface area contributed by atoms with Crippen molar-refractivity contribution in [3.05, 3.63) is 69.7 Å². The van der Waals surface area contributed by atoms with Crippen LogP contribution in [0.5, 0.6) is 0 Å². The normalized spacial score (nSPS) is 11.3. The van der Waals surface area contributed by atoms with Crippen molar-refractivity contribution in [1.82, 2.24) is 19.7 Å². The third-order valence-corrected chi connectivity index (χ3v) is 5.95. The molecule has 3 aromatic heterocycles. The van der Waals surface area contributed by atoms with Crippen molar-refractivity contribution in [3.63, 3.8) is 0 Å². The molecule has 8 heteroatoms. The summed E-state index contributed by atoms with van der Waals surface area (Å²) in [5.41, 5.74) is 2.94. The van der Waals surface area contributed by atoms with Crippen LogP contribution in [-0.4, -0.2) is 32.6 Å². The molecule has 0 bridgehead atoms. The van der Waals surface area contributed by atoms with Gasteiger partial charge in [-0.2, -0.15) is 0 Å². The Morgan fingerprint density at radius 3 is 3.15 bits per heavy atom. The summed E-state index contributed by atoms with van der Waals surface area (Å²) < 4.78 is 1.52. The van der Waals surface area contributed by atoms with Gasteiger partial charge in [-0.3, -0.25) is 14.0 Å². The monoisotopic (exact) mass is 398 g/mol. The van der Waals surface area contributed by atoms with Crippen molar-refractivity contribution < 1.29 is 4.79 Å². The number of nitrogens with zero attached hydrogens (tertiary/aromatic N) is 2. The number of carbonyl (C=O) groups excluding carboxylic acids is 1. The summed E-state index contributed by atoms with van der Waals surface area (Å²) in [6.07, 6.45) is 4.50. The fourth-order valence-electron chi connectivity index (χ4n) is 2.94. The van der Waals surface area contributed by atoms with E-state index in [4.69, 9.17) is 0 Å². The molecule has 27 heavy (non-hydrogen) atoms. The molecule has 4 aromatic rings. The van der Waals surface area contributed by atoms with E-state index < -0.39 is 0 Å². The fraction of sp³-hybridized carbons (Fsp3) is 0.211. The van der Waals surface area contributed by atoms with E-state index in [1.54, 1.807) is 6.20 Å². The lowest BCUT2D eigenvalue weighted by molar-refractivity contribution is -0.118. The fourth-order valence-corrected chi connectivity index (χ4v) is 4.42. The first-order valence-corrected chi connectivity index (χ1v) is 10.6. The zero-order valence-corrected chi connectivity index (χ0v) is 16.1. The lowest BCUT2D eigenvalue weighted by Crippen LogP contribution is -2.27. The van der Waals surface area contributed by atoms with Gasteiger partial charge in [0.1, 0.15) is 0 Å². The van der Waals surface area contributed by atoms with Gasteiger partial charge in [-0.1, -0.05) is 18.2 Å². The van der Waals surface area contributed by atoms with Gasteiger partial charge in [-0.25, -0.2) is 4.98 Å². The SMILES string of the molecule is O=C(CSCc1cc(=O)n2ccsc2n1)NCCc1c[nH]c2ccccc12. The highest BCUT2D eigenvalue weighted by Crippen LogP contribution is 2.17. The molecular weight excluding hydrogens is 380 g/mol. The highest BCUT2D eigenvalue weighted by molar-refractivity contribution is 7.99. The van der Waals surface area contributed by atoms with Crippen LogP contribution in [0.25, 0.3) is 15.9 Å². The number of thiazole rings is 1. The summed E-state index contributed by atoms with van der Waals surface area (Å²) >= 11 is 2.89. The number of fused-ring (bicyclic) bond motifs is 2. The molecule has 0 aliphatic heterocycles. The molecule has 1 aromatic carbocycles. The minimum Gasteiger partial charge on any atom is -0.361 e. The lowest BCUT2D eigenvalue weighted by Gasteiger charge is -2.05. The minimum atomic E-state index is -0.0833. The van der Waals surface area contributed by atoms with Crippen LogP contribution in [0.1, 0.15) is 11.3 Å². The molecule has 0 radical (unpaired) electrons. The smallest absolute Gasteiger partial charge is 0.258 e. The topological polar surface area (TPSA) is 79.3 Å². The molecular formula is C19H18N4O2S2. The van der Waals surface area contributed by atoms with Gasteiger partial charge in [0, 0.05) is 47.0 Å². The van der Waals surface area contributed by atoms with Gasteiger partial charge in [-0.05, 0) is 18.1 Å².